The van der Waals surface area contributed by atoms with E-state index in [0.29, 0.717) is 10.6 Å². The van der Waals surface area contributed by atoms with Crippen molar-refractivity contribution in [3.63, 3.8) is 0 Å². The van der Waals surface area contributed by atoms with Crippen molar-refractivity contribution >= 4 is 28.3 Å². The third kappa shape index (κ3) is 2.89. The second-order valence-electron chi connectivity index (χ2n) is 3.41. The first-order chi connectivity index (χ1) is 6.86. The van der Waals surface area contributed by atoms with Gasteiger partial charge in [0.15, 0.2) is 0 Å². The maximum absolute atomic E-state index is 11.4. The monoisotopic (exact) mass is 245 g/mol. The Labute approximate surface area is 96.6 Å². The Hall–Kier alpha value is -0.680. The topological polar surface area (TPSA) is 37.4 Å². The van der Waals surface area contributed by atoms with Crippen LogP contribution in [0.3, 0.4) is 0 Å². The molecule has 0 aromatic heterocycles. The molecule has 1 rings (SSSR count). The van der Waals surface area contributed by atoms with Crippen molar-refractivity contribution in [1.29, 1.82) is 0 Å². The molecule has 0 saturated carbocycles. The third-order valence-corrected chi connectivity index (χ3v) is 3.85. The van der Waals surface area contributed by atoms with Gasteiger partial charge in [0.25, 0.3) is 0 Å². The minimum Gasteiger partial charge on any atom is -0.272 e. The molecule has 0 aliphatic heterocycles. The summed E-state index contributed by atoms with van der Waals surface area (Å²) in [6.45, 7) is 2.03. The van der Waals surface area contributed by atoms with Crippen LogP contribution in [0.15, 0.2) is 23.1 Å². The Morgan fingerprint density at radius 1 is 1.40 bits per heavy atom. The number of hydrogen-bond acceptors (Lipinski definition) is 3. The fourth-order valence-corrected chi connectivity index (χ4v) is 2.08. The van der Waals surface area contributed by atoms with E-state index < -0.39 is 10.0 Å². The number of benzene rings is 1. The molecule has 0 aliphatic rings. The number of rotatable bonds is 3. The Morgan fingerprint density at radius 2 is 2.00 bits per heavy atom. The molecule has 15 heavy (non-hydrogen) atoms. The molecule has 0 unspecified atom stereocenters. The minimum atomic E-state index is -3.22. The van der Waals surface area contributed by atoms with E-state index in [2.05, 4.69) is 12.6 Å². The van der Waals surface area contributed by atoms with Crippen LogP contribution >= 0.6 is 12.6 Å². The highest BCUT2D eigenvalue weighted by Crippen LogP contribution is 2.26. The van der Waals surface area contributed by atoms with E-state index in [1.165, 1.54) is 17.6 Å². The quantitative estimate of drug-likeness (QED) is 0.826. The fourth-order valence-electron chi connectivity index (χ4n) is 1.22. The molecule has 84 valence electrons. The summed E-state index contributed by atoms with van der Waals surface area (Å²) in [6, 6.07) is 5.62. The molecule has 0 heterocycles. The lowest BCUT2D eigenvalue weighted by atomic mass is 10.1. The van der Waals surface area contributed by atoms with Crippen LogP contribution in [-0.2, 0) is 16.4 Å². The zero-order valence-electron chi connectivity index (χ0n) is 9.06. The van der Waals surface area contributed by atoms with Gasteiger partial charge in [0, 0.05) is 11.9 Å². The lowest BCUT2D eigenvalue weighted by Gasteiger charge is -2.19. The van der Waals surface area contributed by atoms with Gasteiger partial charge in [-0.05, 0) is 24.1 Å². The second kappa shape index (κ2) is 4.45. The van der Waals surface area contributed by atoms with Crippen molar-refractivity contribution in [3.8, 4) is 0 Å². The molecule has 0 N–H and O–H groups in total. The first-order valence-electron chi connectivity index (χ1n) is 4.62. The minimum absolute atomic E-state index is 0.625. The number of sulfonamides is 1. The van der Waals surface area contributed by atoms with Crippen molar-refractivity contribution in [1.82, 2.24) is 0 Å². The average molecular weight is 245 g/mol. The molecule has 0 amide bonds. The van der Waals surface area contributed by atoms with Crippen LogP contribution in [0.1, 0.15) is 12.5 Å². The van der Waals surface area contributed by atoms with Crippen molar-refractivity contribution in [3.05, 3.63) is 23.8 Å². The molecular weight excluding hydrogens is 230 g/mol. The summed E-state index contributed by atoms with van der Waals surface area (Å²) in [7, 11) is -1.69. The van der Waals surface area contributed by atoms with Crippen LogP contribution in [-0.4, -0.2) is 21.7 Å². The SMILES string of the molecule is CCc1ccc(S)c(N(C)S(C)(=O)=O)c1. The highest BCUT2D eigenvalue weighted by molar-refractivity contribution is 7.92. The summed E-state index contributed by atoms with van der Waals surface area (Å²) in [5, 5.41) is 0. The van der Waals surface area contributed by atoms with E-state index in [1.54, 1.807) is 0 Å². The molecular formula is C10H15NO2S2. The summed E-state index contributed by atoms with van der Waals surface area (Å²) in [5.74, 6) is 0. The van der Waals surface area contributed by atoms with Crippen LogP contribution in [0.25, 0.3) is 0 Å². The maximum atomic E-state index is 11.4. The molecule has 0 saturated heterocycles. The standard InChI is InChI=1S/C10H15NO2S2/c1-4-8-5-6-10(14)9(7-8)11(2)15(3,12)13/h5-7,14H,4H2,1-3H3. The van der Waals surface area contributed by atoms with E-state index in [-0.39, 0.29) is 0 Å². The van der Waals surface area contributed by atoms with Crippen molar-refractivity contribution < 1.29 is 8.42 Å². The number of thiol groups is 1. The maximum Gasteiger partial charge on any atom is 0.232 e. The highest BCUT2D eigenvalue weighted by Gasteiger charge is 2.14. The first kappa shape index (κ1) is 12.4. The molecule has 3 nitrogen and oxygen atoms in total. The van der Waals surface area contributed by atoms with Gasteiger partial charge < -0.3 is 0 Å². The zero-order valence-corrected chi connectivity index (χ0v) is 10.8. The van der Waals surface area contributed by atoms with E-state index in [0.717, 1.165) is 12.0 Å². The van der Waals surface area contributed by atoms with Crippen LogP contribution in [0.2, 0.25) is 0 Å². The Balaban J connectivity index is 3.24. The van der Waals surface area contributed by atoms with Crippen molar-refractivity contribution in [2.24, 2.45) is 0 Å². The van der Waals surface area contributed by atoms with E-state index in [1.807, 2.05) is 25.1 Å². The van der Waals surface area contributed by atoms with Gasteiger partial charge in [-0.15, -0.1) is 12.6 Å². The van der Waals surface area contributed by atoms with Gasteiger partial charge in [-0.25, -0.2) is 8.42 Å². The number of anilines is 1. The molecule has 0 radical (unpaired) electrons. The number of aryl methyl sites for hydroxylation is 1. The highest BCUT2D eigenvalue weighted by atomic mass is 32.2. The van der Waals surface area contributed by atoms with Gasteiger partial charge in [0.05, 0.1) is 11.9 Å². The molecule has 5 heteroatoms. The van der Waals surface area contributed by atoms with Crippen LogP contribution < -0.4 is 4.31 Å². The first-order valence-corrected chi connectivity index (χ1v) is 6.91. The number of hydrogen-bond donors (Lipinski definition) is 1. The predicted molar refractivity (Wildman–Crippen MR) is 66.3 cm³/mol. The van der Waals surface area contributed by atoms with Crippen LogP contribution in [0, 0.1) is 0 Å². The van der Waals surface area contributed by atoms with E-state index in [4.69, 9.17) is 0 Å². The summed E-state index contributed by atoms with van der Waals surface area (Å²) in [4.78, 5) is 0.667. The fraction of sp³-hybridized carbons (Fsp3) is 0.400. The van der Waals surface area contributed by atoms with E-state index >= 15 is 0 Å². The summed E-state index contributed by atoms with van der Waals surface area (Å²) < 4.78 is 24.0. The Bertz CT molecular complexity index is 454. The average Bonchev–Trinajstić information content (AvgIpc) is 2.16. The Kier molecular flexibility index (Phi) is 3.67. The zero-order chi connectivity index (χ0) is 11.6. The lowest BCUT2D eigenvalue weighted by molar-refractivity contribution is 0.600. The van der Waals surface area contributed by atoms with E-state index in [9.17, 15) is 8.42 Å². The predicted octanol–water partition coefficient (Wildman–Crippen LogP) is 1.93. The van der Waals surface area contributed by atoms with Gasteiger partial charge in [0.2, 0.25) is 10.0 Å². The molecule has 0 fully saturated rings. The van der Waals surface area contributed by atoms with Gasteiger partial charge in [0.1, 0.15) is 0 Å². The molecule has 0 spiro atoms. The van der Waals surface area contributed by atoms with Crippen LogP contribution in [0.4, 0.5) is 5.69 Å². The smallest absolute Gasteiger partial charge is 0.232 e. The molecule has 0 atom stereocenters. The number of nitrogens with zero attached hydrogens (tertiary/aromatic N) is 1. The van der Waals surface area contributed by atoms with Crippen LogP contribution in [0.5, 0.6) is 0 Å². The molecule has 1 aromatic rings. The lowest BCUT2D eigenvalue weighted by Crippen LogP contribution is -2.25. The van der Waals surface area contributed by atoms with Gasteiger partial charge in [-0.3, -0.25) is 4.31 Å². The Morgan fingerprint density at radius 3 is 2.47 bits per heavy atom. The summed E-state index contributed by atoms with van der Waals surface area (Å²) in [6.07, 6.45) is 2.05. The third-order valence-electron chi connectivity index (χ3n) is 2.28. The van der Waals surface area contributed by atoms with Gasteiger partial charge in [-0.2, -0.15) is 0 Å². The molecule has 0 bridgehead atoms. The largest absolute Gasteiger partial charge is 0.272 e. The van der Waals surface area contributed by atoms with Crippen molar-refractivity contribution in [2.45, 2.75) is 18.2 Å². The van der Waals surface area contributed by atoms with Gasteiger partial charge >= 0.3 is 0 Å². The summed E-state index contributed by atoms with van der Waals surface area (Å²) in [5.41, 5.74) is 1.72. The van der Waals surface area contributed by atoms with Gasteiger partial charge in [-0.1, -0.05) is 13.0 Å². The summed E-state index contributed by atoms with van der Waals surface area (Å²) >= 11 is 4.25. The normalized spacial score (nSPS) is 11.5. The molecule has 1 aromatic carbocycles. The van der Waals surface area contributed by atoms with Crippen molar-refractivity contribution in [2.75, 3.05) is 17.6 Å². The second-order valence-corrected chi connectivity index (χ2v) is 5.90. The molecule has 0 aliphatic carbocycles.